The quantitative estimate of drug-likeness (QED) is 0.370. The van der Waals surface area contributed by atoms with Gasteiger partial charge in [0, 0.05) is 50.0 Å². The lowest BCUT2D eigenvalue weighted by atomic mass is 10.2. The van der Waals surface area contributed by atoms with Crippen molar-refractivity contribution in [2.75, 3.05) is 79.0 Å². The van der Waals surface area contributed by atoms with Crippen LogP contribution in [0.1, 0.15) is 9.75 Å². The average molecular weight is 567 g/mol. The first-order chi connectivity index (χ1) is 18.3. The van der Waals surface area contributed by atoms with E-state index in [2.05, 4.69) is 32.7 Å². The van der Waals surface area contributed by atoms with Crippen LogP contribution in [0.4, 0.5) is 0 Å². The van der Waals surface area contributed by atoms with Gasteiger partial charge < -0.3 is 28.4 Å². The average Bonchev–Trinajstić information content (AvgIpc) is 3.66. The van der Waals surface area contributed by atoms with Crippen LogP contribution in [0.5, 0.6) is 23.0 Å². The highest BCUT2D eigenvalue weighted by atomic mass is 32.1. The van der Waals surface area contributed by atoms with Gasteiger partial charge in [-0.15, -0.1) is 34.0 Å². The highest BCUT2D eigenvalue weighted by molar-refractivity contribution is 7.10. The van der Waals surface area contributed by atoms with Crippen molar-refractivity contribution in [3.63, 3.8) is 0 Å². The monoisotopic (exact) mass is 566 g/mol. The van der Waals surface area contributed by atoms with Crippen LogP contribution in [-0.4, -0.2) is 88.8 Å². The molecule has 0 unspecified atom stereocenters. The van der Waals surface area contributed by atoms with Crippen LogP contribution in [0.15, 0.2) is 33.7 Å². The maximum atomic E-state index is 6.03. The van der Waals surface area contributed by atoms with Gasteiger partial charge in [0.2, 0.25) is 0 Å². The number of rotatable bonds is 0. The lowest BCUT2D eigenvalue weighted by molar-refractivity contribution is 0.0693. The van der Waals surface area contributed by atoms with Crippen LogP contribution >= 0.6 is 34.0 Å². The predicted molar refractivity (Wildman–Crippen MR) is 147 cm³/mol. The van der Waals surface area contributed by atoms with Crippen LogP contribution in [0.2, 0.25) is 0 Å². The molecule has 6 rings (SSSR count). The molecule has 0 radical (unpaired) electrons. The third-order valence-electron chi connectivity index (χ3n) is 6.14. The van der Waals surface area contributed by atoms with E-state index in [1.807, 2.05) is 10.8 Å². The van der Waals surface area contributed by atoms with Crippen LogP contribution in [0.3, 0.4) is 0 Å². The normalized spacial score (nSPS) is 22.8. The van der Waals surface area contributed by atoms with Crippen molar-refractivity contribution >= 4 is 34.0 Å². The maximum Gasteiger partial charge on any atom is 0.171 e. The van der Waals surface area contributed by atoms with E-state index in [-0.39, 0.29) is 0 Å². The Morgan fingerprint density at radius 1 is 0.514 bits per heavy atom. The summed E-state index contributed by atoms with van der Waals surface area (Å²) in [4.78, 5) is 7.58. The van der Waals surface area contributed by atoms with E-state index >= 15 is 0 Å². The van der Waals surface area contributed by atoms with Crippen LogP contribution in [-0.2, 0) is 22.6 Å². The number of nitrogens with zero attached hydrogens (tertiary/aromatic N) is 2. The number of piperazine rings is 1. The standard InChI is InChI=1S/C26H34N2O6S3/c1-15-36-25-17-27-3-5-28(6-4-27)18-26-22(2-16-37-26)32-12-8-30-10-14-34-24-20-35-19-23(24)33-13-9-29-7-11-31-21(1)25/h1-2,15-16,19-20H,3-14,17-18H2. The number of ether oxygens (including phenoxy) is 6. The first kappa shape index (κ1) is 26.7. The van der Waals surface area contributed by atoms with E-state index in [0.29, 0.717) is 52.9 Å². The Balaban J connectivity index is 1.16. The van der Waals surface area contributed by atoms with Gasteiger partial charge in [-0.05, 0) is 22.9 Å². The molecule has 8 nitrogen and oxygen atoms in total. The molecular weight excluding hydrogens is 532 g/mol. The Morgan fingerprint density at radius 2 is 0.919 bits per heavy atom. The topological polar surface area (TPSA) is 61.9 Å². The lowest BCUT2D eigenvalue weighted by Gasteiger charge is -2.34. The molecule has 6 heterocycles. The molecule has 1 fully saturated rings. The van der Waals surface area contributed by atoms with Gasteiger partial charge in [-0.1, -0.05) is 0 Å². The van der Waals surface area contributed by atoms with Gasteiger partial charge >= 0.3 is 0 Å². The van der Waals surface area contributed by atoms with Crippen molar-refractivity contribution < 1.29 is 28.4 Å². The fourth-order valence-electron chi connectivity index (χ4n) is 4.19. The van der Waals surface area contributed by atoms with Gasteiger partial charge in [0.05, 0.1) is 36.2 Å². The fourth-order valence-corrected chi connectivity index (χ4v) is 6.58. The molecule has 0 spiro atoms. The summed E-state index contributed by atoms with van der Waals surface area (Å²) in [5.41, 5.74) is 0. The van der Waals surface area contributed by atoms with E-state index in [0.717, 1.165) is 62.3 Å². The SMILES string of the molecule is c1cc2c(s1)CN1CCN(CC1)Cc1sccc1OCCOCCOc1cscc1OCCOCCO2. The molecule has 2 bridgehead atoms. The summed E-state index contributed by atoms with van der Waals surface area (Å²) in [7, 11) is 0. The summed E-state index contributed by atoms with van der Waals surface area (Å²) in [6.45, 7) is 10.0. The summed E-state index contributed by atoms with van der Waals surface area (Å²) < 4.78 is 35.2. The highest BCUT2D eigenvalue weighted by Crippen LogP contribution is 2.32. The second-order valence-corrected chi connectivity index (χ2v) is 11.4. The Kier molecular flexibility index (Phi) is 10.4. The van der Waals surface area contributed by atoms with Crippen molar-refractivity contribution in [3.05, 3.63) is 43.4 Å². The molecule has 0 aliphatic carbocycles. The largest absolute Gasteiger partial charge is 0.490 e. The molecule has 3 aromatic rings. The molecule has 37 heavy (non-hydrogen) atoms. The minimum atomic E-state index is 0.460. The van der Waals surface area contributed by atoms with Crippen LogP contribution < -0.4 is 18.9 Å². The Hall–Kier alpha value is -1.86. The smallest absolute Gasteiger partial charge is 0.171 e. The lowest BCUT2D eigenvalue weighted by Crippen LogP contribution is -2.45. The van der Waals surface area contributed by atoms with Gasteiger partial charge in [-0.3, -0.25) is 9.80 Å². The Bertz CT molecular complexity index is 982. The van der Waals surface area contributed by atoms with E-state index in [1.54, 1.807) is 34.0 Å². The van der Waals surface area contributed by atoms with Gasteiger partial charge in [-0.2, -0.15) is 0 Å². The molecule has 0 saturated carbocycles. The second-order valence-electron chi connectivity index (χ2n) is 8.69. The molecular formula is C26H34N2O6S3. The molecule has 3 aromatic heterocycles. The minimum absolute atomic E-state index is 0.460. The molecule has 0 atom stereocenters. The molecule has 0 N–H and O–H groups in total. The highest BCUT2D eigenvalue weighted by Gasteiger charge is 2.20. The third kappa shape index (κ3) is 8.06. The molecule has 0 aromatic carbocycles. The van der Waals surface area contributed by atoms with E-state index in [4.69, 9.17) is 28.4 Å². The Morgan fingerprint density at radius 3 is 1.35 bits per heavy atom. The van der Waals surface area contributed by atoms with Gasteiger partial charge in [0.1, 0.15) is 37.9 Å². The summed E-state index contributed by atoms with van der Waals surface area (Å²) in [5, 5.41) is 8.10. The second kappa shape index (κ2) is 14.3. The van der Waals surface area contributed by atoms with E-state index in [1.165, 1.54) is 9.75 Å². The van der Waals surface area contributed by atoms with E-state index in [9.17, 15) is 0 Å². The van der Waals surface area contributed by atoms with Crippen molar-refractivity contribution in [3.8, 4) is 23.0 Å². The number of fused-ring (bicyclic) bond motifs is 14. The zero-order chi connectivity index (χ0) is 25.1. The number of thiophene rings is 3. The number of hydrogen-bond acceptors (Lipinski definition) is 11. The van der Waals surface area contributed by atoms with Crippen LogP contribution in [0, 0.1) is 0 Å². The molecule has 0 amide bonds. The zero-order valence-electron chi connectivity index (χ0n) is 20.9. The molecule has 202 valence electrons. The van der Waals surface area contributed by atoms with E-state index < -0.39 is 0 Å². The first-order valence-corrected chi connectivity index (χ1v) is 15.4. The number of hydrogen-bond donors (Lipinski definition) is 0. The predicted octanol–water partition coefficient (Wildman–Crippen LogP) is 4.45. The minimum Gasteiger partial charge on any atom is -0.490 e. The molecule has 3 aliphatic rings. The van der Waals surface area contributed by atoms with Crippen molar-refractivity contribution in [1.82, 2.24) is 9.80 Å². The maximum absolute atomic E-state index is 6.03. The Labute approximate surface area is 230 Å². The van der Waals surface area contributed by atoms with Crippen molar-refractivity contribution in [2.45, 2.75) is 13.1 Å². The summed E-state index contributed by atoms with van der Waals surface area (Å²) in [5.74, 6) is 3.42. The molecule has 3 aliphatic heterocycles. The van der Waals surface area contributed by atoms with Gasteiger partial charge in [0.25, 0.3) is 0 Å². The summed E-state index contributed by atoms with van der Waals surface area (Å²) >= 11 is 5.07. The van der Waals surface area contributed by atoms with Gasteiger partial charge in [0.15, 0.2) is 11.5 Å². The fraction of sp³-hybridized carbons (Fsp3) is 0.538. The first-order valence-electron chi connectivity index (χ1n) is 12.7. The van der Waals surface area contributed by atoms with Crippen LogP contribution in [0.25, 0.3) is 0 Å². The summed E-state index contributed by atoms with van der Waals surface area (Å²) in [6.07, 6.45) is 0. The molecule has 11 heteroatoms. The van der Waals surface area contributed by atoms with Crippen molar-refractivity contribution in [1.29, 1.82) is 0 Å². The van der Waals surface area contributed by atoms with Crippen molar-refractivity contribution in [2.24, 2.45) is 0 Å². The summed E-state index contributed by atoms with van der Waals surface area (Å²) in [6, 6.07) is 4.13. The third-order valence-corrected chi connectivity index (χ3v) is 8.62. The molecule has 1 saturated heterocycles. The zero-order valence-corrected chi connectivity index (χ0v) is 23.4. The van der Waals surface area contributed by atoms with Gasteiger partial charge in [-0.25, -0.2) is 0 Å².